The Morgan fingerprint density at radius 2 is 2.00 bits per heavy atom. The molecule has 0 aliphatic heterocycles. The van der Waals surface area contributed by atoms with Crippen LogP contribution in [0.15, 0.2) is 18.2 Å². The van der Waals surface area contributed by atoms with Crippen molar-refractivity contribution in [3.63, 3.8) is 0 Å². The van der Waals surface area contributed by atoms with E-state index in [2.05, 4.69) is 0 Å². The van der Waals surface area contributed by atoms with Crippen molar-refractivity contribution in [3.8, 4) is 0 Å². The SMILES string of the molecule is Fc1cc(C(F)F)cc2c1C=CC2. The van der Waals surface area contributed by atoms with E-state index in [1.807, 2.05) is 0 Å². The van der Waals surface area contributed by atoms with Gasteiger partial charge in [-0.3, -0.25) is 0 Å². The molecule has 68 valence electrons. The highest BCUT2D eigenvalue weighted by atomic mass is 19.3. The second kappa shape index (κ2) is 2.91. The highest BCUT2D eigenvalue weighted by Gasteiger charge is 2.15. The van der Waals surface area contributed by atoms with Gasteiger partial charge in [-0.05, 0) is 24.1 Å². The van der Waals surface area contributed by atoms with Gasteiger partial charge in [0.05, 0.1) is 0 Å². The monoisotopic (exact) mass is 184 g/mol. The molecule has 0 heterocycles. The Bertz CT molecular complexity index is 367. The molecule has 0 fully saturated rings. The highest BCUT2D eigenvalue weighted by molar-refractivity contribution is 5.61. The summed E-state index contributed by atoms with van der Waals surface area (Å²) in [5, 5.41) is 0. The van der Waals surface area contributed by atoms with E-state index in [0.29, 0.717) is 17.5 Å². The summed E-state index contributed by atoms with van der Waals surface area (Å²) < 4.78 is 37.6. The van der Waals surface area contributed by atoms with Gasteiger partial charge in [-0.2, -0.15) is 0 Å². The van der Waals surface area contributed by atoms with Gasteiger partial charge < -0.3 is 0 Å². The molecule has 3 heteroatoms. The van der Waals surface area contributed by atoms with E-state index >= 15 is 0 Å². The number of allylic oxidation sites excluding steroid dienone is 1. The number of fused-ring (bicyclic) bond motifs is 1. The number of alkyl halides is 2. The molecule has 2 rings (SSSR count). The first kappa shape index (κ1) is 8.35. The summed E-state index contributed by atoms with van der Waals surface area (Å²) in [4.78, 5) is 0. The smallest absolute Gasteiger partial charge is 0.206 e. The molecule has 0 N–H and O–H groups in total. The van der Waals surface area contributed by atoms with Crippen LogP contribution in [0.25, 0.3) is 6.08 Å². The van der Waals surface area contributed by atoms with Gasteiger partial charge in [0.2, 0.25) is 0 Å². The van der Waals surface area contributed by atoms with Crippen molar-refractivity contribution in [1.29, 1.82) is 0 Å². The standard InChI is InChI=1S/C10H7F3/c11-9-5-7(10(12)13)4-6-2-1-3-8(6)9/h1,3-5,10H,2H2. The minimum atomic E-state index is -2.60. The molecule has 0 atom stereocenters. The third-order valence-corrected chi connectivity index (χ3v) is 2.11. The van der Waals surface area contributed by atoms with E-state index in [-0.39, 0.29) is 5.56 Å². The van der Waals surface area contributed by atoms with Crippen molar-refractivity contribution in [2.24, 2.45) is 0 Å². The molecule has 0 aromatic heterocycles. The lowest BCUT2D eigenvalue weighted by molar-refractivity contribution is 0.151. The second-order valence-corrected chi connectivity index (χ2v) is 2.98. The summed E-state index contributed by atoms with van der Waals surface area (Å²) in [6, 6.07) is 2.27. The van der Waals surface area contributed by atoms with Crippen LogP contribution in [-0.2, 0) is 6.42 Å². The summed E-state index contributed by atoms with van der Waals surface area (Å²) in [5.41, 5.74) is 0.861. The Morgan fingerprint density at radius 3 is 2.69 bits per heavy atom. The number of halogens is 3. The van der Waals surface area contributed by atoms with E-state index in [4.69, 9.17) is 0 Å². The first-order chi connectivity index (χ1) is 6.18. The fraction of sp³-hybridized carbons (Fsp3) is 0.200. The van der Waals surface area contributed by atoms with Gasteiger partial charge >= 0.3 is 0 Å². The lowest BCUT2D eigenvalue weighted by Gasteiger charge is -2.04. The molecule has 0 unspecified atom stereocenters. The van der Waals surface area contributed by atoms with Crippen LogP contribution in [0.1, 0.15) is 23.1 Å². The minimum absolute atomic E-state index is 0.236. The third kappa shape index (κ3) is 1.34. The maximum Gasteiger partial charge on any atom is 0.263 e. The number of benzene rings is 1. The lowest BCUT2D eigenvalue weighted by Crippen LogP contribution is -1.93. The van der Waals surface area contributed by atoms with E-state index in [0.717, 1.165) is 6.07 Å². The lowest BCUT2D eigenvalue weighted by atomic mass is 10.1. The van der Waals surface area contributed by atoms with Crippen molar-refractivity contribution < 1.29 is 13.2 Å². The van der Waals surface area contributed by atoms with Crippen LogP contribution in [0.3, 0.4) is 0 Å². The summed E-state index contributed by atoms with van der Waals surface area (Å²) in [5.74, 6) is -0.554. The van der Waals surface area contributed by atoms with Crippen LogP contribution in [0.4, 0.5) is 13.2 Å². The molecule has 13 heavy (non-hydrogen) atoms. The van der Waals surface area contributed by atoms with Crippen molar-refractivity contribution in [3.05, 3.63) is 40.7 Å². The molecule has 1 aromatic carbocycles. The Labute approximate surface area is 73.7 Å². The maximum atomic E-state index is 13.1. The van der Waals surface area contributed by atoms with Gasteiger partial charge in [0.15, 0.2) is 0 Å². The molecule has 0 amide bonds. The Kier molecular flexibility index (Phi) is 1.87. The molecule has 0 saturated carbocycles. The normalized spacial score (nSPS) is 13.8. The molecule has 1 aliphatic carbocycles. The first-order valence-electron chi connectivity index (χ1n) is 3.95. The fourth-order valence-electron chi connectivity index (χ4n) is 1.48. The predicted molar refractivity (Wildman–Crippen MR) is 44.1 cm³/mol. The molecule has 0 radical (unpaired) electrons. The molecular weight excluding hydrogens is 177 g/mol. The topological polar surface area (TPSA) is 0 Å². The van der Waals surface area contributed by atoms with Gasteiger partial charge in [0, 0.05) is 11.1 Å². The summed E-state index contributed by atoms with van der Waals surface area (Å²) in [6.45, 7) is 0. The van der Waals surface area contributed by atoms with Crippen LogP contribution in [-0.4, -0.2) is 0 Å². The van der Waals surface area contributed by atoms with Gasteiger partial charge in [-0.25, -0.2) is 13.2 Å². The Morgan fingerprint density at radius 1 is 1.23 bits per heavy atom. The van der Waals surface area contributed by atoms with Crippen LogP contribution >= 0.6 is 0 Å². The molecule has 0 bridgehead atoms. The molecular formula is C10H7F3. The molecule has 1 aromatic rings. The largest absolute Gasteiger partial charge is 0.263 e. The summed E-state index contributed by atoms with van der Waals surface area (Å²) >= 11 is 0. The molecule has 0 saturated heterocycles. The van der Waals surface area contributed by atoms with Crippen LogP contribution in [0.2, 0.25) is 0 Å². The maximum absolute atomic E-state index is 13.1. The average molecular weight is 184 g/mol. The quantitative estimate of drug-likeness (QED) is 0.628. The summed E-state index contributed by atoms with van der Waals surface area (Å²) in [7, 11) is 0. The fourth-order valence-corrected chi connectivity index (χ4v) is 1.48. The second-order valence-electron chi connectivity index (χ2n) is 2.98. The van der Waals surface area contributed by atoms with E-state index in [1.165, 1.54) is 6.07 Å². The van der Waals surface area contributed by atoms with Gasteiger partial charge in [-0.15, -0.1) is 0 Å². The van der Waals surface area contributed by atoms with Crippen molar-refractivity contribution in [2.75, 3.05) is 0 Å². The van der Waals surface area contributed by atoms with Crippen LogP contribution in [0, 0.1) is 5.82 Å². The first-order valence-corrected chi connectivity index (χ1v) is 3.95. The zero-order valence-electron chi connectivity index (χ0n) is 6.73. The molecule has 0 spiro atoms. The number of hydrogen-bond acceptors (Lipinski definition) is 0. The van der Waals surface area contributed by atoms with E-state index in [9.17, 15) is 13.2 Å². The van der Waals surface area contributed by atoms with E-state index in [1.54, 1.807) is 12.2 Å². The Balaban J connectivity index is 2.53. The molecule has 1 aliphatic rings. The molecule has 0 nitrogen and oxygen atoms in total. The third-order valence-electron chi connectivity index (χ3n) is 2.11. The van der Waals surface area contributed by atoms with Crippen molar-refractivity contribution >= 4 is 6.08 Å². The van der Waals surface area contributed by atoms with Gasteiger partial charge in [0.25, 0.3) is 6.43 Å². The predicted octanol–water partition coefficient (Wildman–Crippen LogP) is 3.33. The highest BCUT2D eigenvalue weighted by Crippen LogP contribution is 2.28. The van der Waals surface area contributed by atoms with Gasteiger partial charge in [0.1, 0.15) is 5.82 Å². The zero-order chi connectivity index (χ0) is 9.42. The van der Waals surface area contributed by atoms with Crippen LogP contribution in [0.5, 0.6) is 0 Å². The van der Waals surface area contributed by atoms with Crippen LogP contribution < -0.4 is 0 Å². The summed E-state index contributed by atoms with van der Waals surface area (Å²) in [6.07, 6.45) is 1.34. The van der Waals surface area contributed by atoms with Crippen molar-refractivity contribution in [1.82, 2.24) is 0 Å². The number of rotatable bonds is 1. The van der Waals surface area contributed by atoms with Crippen molar-refractivity contribution in [2.45, 2.75) is 12.8 Å². The average Bonchev–Trinajstić information content (AvgIpc) is 2.51. The van der Waals surface area contributed by atoms with Gasteiger partial charge in [-0.1, -0.05) is 12.2 Å². The number of hydrogen-bond donors (Lipinski definition) is 0. The Hall–Kier alpha value is -1.25. The zero-order valence-corrected chi connectivity index (χ0v) is 6.73. The minimum Gasteiger partial charge on any atom is -0.206 e. The van der Waals surface area contributed by atoms with E-state index < -0.39 is 12.2 Å².